The highest BCUT2D eigenvalue weighted by Crippen LogP contribution is 2.38. The average Bonchev–Trinajstić information content (AvgIpc) is 2.97. The van der Waals surface area contributed by atoms with Crippen LogP contribution in [-0.4, -0.2) is 32.2 Å². The highest BCUT2D eigenvalue weighted by Gasteiger charge is 2.36. The molecular formula is C29H23ClN2O4S. The van der Waals surface area contributed by atoms with Gasteiger partial charge >= 0.3 is 0 Å². The van der Waals surface area contributed by atoms with Crippen molar-refractivity contribution in [3.63, 3.8) is 0 Å². The molecule has 8 heteroatoms. The molecule has 0 radical (unpaired) electrons. The summed E-state index contributed by atoms with van der Waals surface area (Å²) in [7, 11) is -2.35. The Morgan fingerprint density at radius 2 is 1.54 bits per heavy atom. The van der Waals surface area contributed by atoms with Crippen LogP contribution in [0.1, 0.15) is 31.8 Å². The molecule has 6 nitrogen and oxygen atoms in total. The van der Waals surface area contributed by atoms with Crippen LogP contribution >= 0.6 is 11.6 Å². The smallest absolute Gasteiger partial charge is 0.259 e. The summed E-state index contributed by atoms with van der Waals surface area (Å²) < 4.78 is 27.3. The molecule has 0 atom stereocenters. The molecule has 0 unspecified atom stereocenters. The maximum Gasteiger partial charge on any atom is 0.259 e. The lowest BCUT2D eigenvalue weighted by atomic mass is 10.1. The molecule has 4 aromatic rings. The number of rotatable bonds is 5. The van der Waals surface area contributed by atoms with Crippen molar-refractivity contribution >= 4 is 38.9 Å². The van der Waals surface area contributed by atoms with Gasteiger partial charge in [-0.15, -0.1) is 0 Å². The number of sulfone groups is 1. The van der Waals surface area contributed by atoms with Crippen LogP contribution in [0, 0.1) is 0 Å². The van der Waals surface area contributed by atoms with Crippen LogP contribution < -0.4 is 4.90 Å². The fraction of sp³-hybridized carbons (Fsp3) is 0.103. The van der Waals surface area contributed by atoms with Crippen molar-refractivity contribution in [3.8, 4) is 0 Å². The van der Waals surface area contributed by atoms with Crippen molar-refractivity contribution in [2.24, 2.45) is 0 Å². The second-order valence-electron chi connectivity index (χ2n) is 8.85. The summed E-state index contributed by atoms with van der Waals surface area (Å²) in [6, 6.07) is 27.1. The summed E-state index contributed by atoms with van der Waals surface area (Å²) >= 11 is 6.18. The summed E-state index contributed by atoms with van der Waals surface area (Å²) in [6.45, 7) is 0.458. The molecule has 1 aliphatic heterocycles. The number of nitrogens with zero attached hydrogens (tertiary/aromatic N) is 2. The van der Waals surface area contributed by atoms with Crippen molar-refractivity contribution in [2.45, 2.75) is 22.9 Å². The number of fused-ring (bicyclic) bond motifs is 2. The minimum Gasteiger partial charge on any atom is -0.337 e. The molecule has 0 aromatic heterocycles. The predicted octanol–water partition coefficient (Wildman–Crippen LogP) is 5.61. The number of halogens is 1. The van der Waals surface area contributed by atoms with E-state index in [9.17, 15) is 18.0 Å². The normalized spacial score (nSPS) is 13.9. The van der Waals surface area contributed by atoms with E-state index < -0.39 is 15.7 Å². The largest absolute Gasteiger partial charge is 0.337 e. The Kier molecular flexibility index (Phi) is 6.58. The number of benzene rings is 4. The van der Waals surface area contributed by atoms with Gasteiger partial charge in [0.25, 0.3) is 11.8 Å². The lowest BCUT2D eigenvalue weighted by molar-refractivity contribution is 0.0784. The fourth-order valence-electron chi connectivity index (χ4n) is 4.46. The van der Waals surface area contributed by atoms with E-state index in [2.05, 4.69) is 0 Å². The number of amides is 2. The summed E-state index contributed by atoms with van der Waals surface area (Å²) in [6.07, 6.45) is 0. The first-order chi connectivity index (χ1) is 17.8. The van der Waals surface area contributed by atoms with Gasteiger partial charge < -0.3 is 9.80 Å². The Hall–Kier alpha value is -3.94. The van der Waals surface area contributed by atoms with E-state index >= 15 is 0 Å². The maximum atomic E-state index is 13.8. The fourth-order valence-corrected chi connectivity index (χ4v) is 6.31. The molecule has 0 saturated heterocycles. The molecular weight excluding hydrogens is 508 g/mol. The summed E-state index contributed by atoms with van der Waals surface area (Å²) in [5.41, 5.74) is 2.20. The molecule has 0 saturated carbocycles. The summed E-state index contributed by atoms with van der Waals surface area (Å²) in [4.78, 5) is 30.0. The van der Waals surface area contributed by atoms with E-state index in [-0.39, 0.29) is 39.1 Å². The Balaban J connectivity index is 1.62. The van der Waals surface area contributed by atoms with Crippen LogP contribution in [0.15, 0.2) is 107 Å². The first-order valence-electron chi connectivity index (χ1n) is 11.6. The van der Waals surface area contributed by atoms with Crippen molar-refractivity contribution in [1.82, 2.24) is 4.90 Å². The van der Waals surface area contributed by atoms with E-state index in [0.717, 1.165) is 11.1 Å². The van der Waals surface area contributed by atoms with Gasteiger partial charge in [-0.25, -0.2) is 8.42 Å². The van der Waals surface area contributed by atoms with Gasteiger partial charge in [-0.05, 0) is 53.6 Å². The Morgan fingerprint density at radius 1 is 0.838 bits per heavy atom. The van der Waals surface area contributed by atoms with Gasteiger partial charge in [-0.3, -0.25) is 9.59 Å². The van der Waals surface area contributed by atoms with Crippen molar-refractivity contribution in [1.29, 1.82) is 0 Å². The second kappa shape index (κ2) is 9.84. The lowest BCUT2D eigenvalue weighted by Gasteiger charge is -2.24. The minimum atomic E-state index is -4.03. The monoisotopic (exact) mass is 530 g/mol. The van der Waals surface area contributed by atoms with Crippen LogP contribution in [0.4, 0.5) is 5.69 Å². The van der Waals surface area contributed by atoms with E-state index in [1.807, 2.05) is 36.4 Å². The standard InChI is InChI=1S/C29H23ClN2O4S/c1-31(18-20-8-3-2-4-9-20)28(33)22-14-15-27-25(17-22)32(19-21-10-7-11-23(30)16-21)29(34)24-12-5-6-13-26(24)37(27,35)36/h2-17H,18-19H2,1H3. The van der Waals surface area contributed by atoms with Crippen LogP contribution in [0.2, 0.25) is 5.02 Å². The quantitative estimate of drug-likeness (QED) is 0.336. The van der Waals surface area contributed by atoms with Gasteiger partial charge in [-0.2, -0.15) is 0 Å². The molecule has 1 aliphatic rings. The molecule has 0 bridgehead atoms. The Morgan fingerprint density at radius 3 is 2.30 bits per heavy atom. The molecule has 1 heterocycles. The number of carbonyl (C=O) groups excluding carboxylic acids is 2. The second-order valence-corrected chi connectivity index (χ2v) is 11.2. The number of anilines is 1. The predicted molar refractivity (Wildman–Crippen MR) is 143 cm³/mol. The van der Waals surface area contributed by atoms with Crippen LogP contribution in [-0.2, 0) is 22.9 Å². The van der Waals surface area contributed by atoms with E-state index in [0.29, 0.717) is 11.6 Å². The van der Waals surface area contributed by atoms with Crippen molar-refractivity contribution < 1.29 is 18.0 Å². The molecule has 5 rings (SSSR count). The Labute approximate surface area is 220 Å². The third-order valence-electron chi connectivity index (χ3n) is 6.28. The molecule has 4 aromatic carbocycles. The Bertz CT molecular complexity index is 1620. The number of hydrogen-bond donors (Lipinski definition) is 0. The van der Waals surface area contributed by atoms with Crippen LogP contribution in [0.5, 0.6) is 0 Å². The topological polar surface area (TPSA) is 74.8 Å². The van der Waals surface area contributed by atoms with E-state index in [1.54, 1.807) is 42.3 Å². The SMILES string of the molecule is CN(Cc1ccccc1)C(=O)c1ccc2c(c1)N(Cc1cccc(Cl)c1)C(=O)c1ccccc1S2(=O)=O. The molecule has 186 valence electrons. The van der Waals surface area contributed by atoms with E-state index in [1.165, 1.54) is 35.2 Å². The zero-order valence-electron chi connectivity index (χ0n) is 20.0. The third-order valence-corrected chi connectivity index (χ3v) is 8.37. The van der Waals surface area contributed by atoms with Crippen molar-refractivity contribution in [3.05, 3.63) is 124 Å². The van der Waals surface area contributed by atoms with Gasteiger partial charge in [0.2, 0.25) is 9.84 Å². The first-order valence-corrected chi connectivity index (χ1v) is 13.5. The zero-order chi connectivity index (χ0) is 26.2. The van der Waals surface area contributed by atoms with Gasteiger partial charge in [0, 0.05) is 24.2 Å². The highest BCUT2D eigenvalue weighted by molar-refractivity contribution is 7.91. The first kappa shape index (κ1) is 24.7. The van der Waals surface area contributed by atoms with Gasteiger partial charge in [0.15, 0.2) is 0 Å². The third kappa shape index (κ3) is 4.75. The van der Waals surface area contributed by atoms with Crippen LogP contribution in [0.3, 0.4) is 0 Å². The molecule has 0 N–H and O–H groups in total. The molecule has 0 spiro atoms. The minimum absolute atomic E-state index is 0.0323. The maximum absolute atomic E-state index is 13.8. The van der Waals surface area contributed by atoms with E-state index in [4.69, 9.17) is 11.6 Å². The molecule has 0 fully saturated rings. The molecule has 2 amide bonds. The van der Waals surface area contributed by atoms with Gasteiger partial charge in [-0.1, -0.05) is 66.2 Å². The molecule has 37 heavy (non-hydrogen) atoms. The summed E-state index contributed by atoms with van der Waals surface area (Å²) in [5.74, 6) is -0.763. The van der Waals surface area contributed by atoms with Crippen molar-refractivity contribution in [2.75, 3.05) is 11.9 Å². The number of carbonyl (C=O) groups is 2. The summed E-state index contributed by atoms with van der Waals surface area (Å²) in [5, 5.41) is 0.500. The zero-order valence-corrected chi connectivity index (χ0v) is 21.5. The number of hydrogen-bond acceptors (Lipinski definition) is 4. The van der Waals surface area contributed by atoms with Crippen LogP contribution in [0.25, 0.3) is 0 Å². The lowest BCUT2D eigenvalue weighted by Crippen LogP contribution is -2.31. The average molecular weight is 531 g/mol. The van der Waals surface area contributed by atoms with Gasteiger partial charge in [0.1, 0.15) is 0 Å². The highest BCUT2D eigenvalue weighted by atomic mass is 35.5. The van der Waals surface area contributed by atoms with Gasteiger partial charge in [0.05, 0.1) is 27.6 Å². The molecule has 0 aliphatic carbocycles.